The number of hydrogen-bond acceptors (Lipinski definition) is 6. The maximum atomic E-state index is 12.3. The minimum absolute atomic E-state index is 0.0610. The second-order valence-corrected chi connectivity index (χ2v) is 7.59. The van der Waals surface area contributed by atoms with Crippen LogP contribution in [-0.4, -0.2) is 25.6 Å². The fourth-order valence-electron chi connectivity index (χ4n) is 2.03. The molecule has 3 rings (SSSR count). The third-order valence-corrected chi connectivity index (χ3v) is 5.01. The number of sulfone groups is 1. The van der Waals surface area contributed by atoms with Crippen LogP contribution < -0.4 is 5.32 Å². The van der Waals surface area contributed by atoms with Gasteiger partial charge in [0.25, 0.3) is 5.91 Å². The van der Waals surface area contributed by atoms with Gasteiger partial charge in [-0.15, -0.1) is 11.3 Å². The molecular weight excluding hydrogens is 324 g/mol. The molecule has 6 nitrogen and oxygen atoms in total. The maximum Gasteiger partial charge on any atom is 0.293 e. The Morgan fingerprint density at radius 2 is 2.05 bits per heavy atom. The van der Waals surface area contributed by atoms with E-state index in [2.05, 4.69) is 10.3 Å². The number of para-hydroxylation sites is 1. The molecule has 1 amide bonds. The molecule has 3 aromatic rings. The number of aryl methyl sites for hydroxylation is 1. The van der Waals surface area contributed by atoms with Gasteiger partial charge in [0, 0.05) is 22.6 Å². The summed E-state index contributed by atoms with van der Waals surface area (Å²) in [4.78, 5) is 16.2. The predicted molar refractivity (Wildman–Crippen MR) is 84.1 cm³/mol. The van der Waals surface area contributed by atoms with E-state index in [1.54, 1.807) is 13.0 Å². The molecule has 22 heavy (non-hydrogen) atoms. The van der Waals surface area contributed by atoms with Crippen LogP contribution in [0.1, 0.15) is 16.1 Å². The molecule has 1 N–H and O–H groups in total. The highest BCUT2D eigenvalue weighted by molar-refractivity contribution is 7.90. The van der Waals surface area contributed by atoms with Crippen molar-refractivity contribution in [2.45, 2.75) is 11.9 Å². The molecule has 0 bridgehead atoms. The summed E-state index contributed by atoms with van der Waals surface area (Å²) < 4.78 is 28.3. The van der Waals surface area contributed by atoms with E-state index < -0.39 is 15.7 Å². The summed E-state index contributed by atoms with van der Waals surface area (Å²) in [5.41, 5.74) is 1.36. The number of furan rings is 1. The number of rotatable bonds is 3. The highest BCUT2D eigenvalue weighted by Gasteiger charge is 2.19. The van der Waals surface area contributed by atoms with Gasteiger partial charge in [-0.2, -0.15) is 0 Å². The van der Waals surface area contributed by atoms with Gasteiger partial charge < -0.3 is 4.42 Å². The highest BCUT2D eigenvalue weighted by Crippen LogP contribution is 2.26. The molecule has 0 saturated heterocycles. The molecule has 114 valence electrons. The zero-order chi connectivity index (χ0) is 15.9. The predicted octanol–water partition coefficient (Wildman–Crippen LogP) is 2.85. The van der Waals surface area contributed by atoms with E-state index >= 15 is 0 Å². The number of anilines is 1. The van der Waals surface area contributed by atoms with Crippen LogP contribution in [-0.2, 0) is 9.84 Å². The molecule has 0 aliphatic carbocycles. The number of benzene rings is 1. The summed E-state index contributed by atoms with van der Waals surface area (Å²) in [5, 5.41) is 4.96. The highest BCUT2D eigenvalue weighted by atomic mass is 32.2. The first-order valence-electron chi connectivity index (χ1n) is 6.31. The first-order chi connectivity index (χ1) is 10.4. The number of nitrogens with zero attached hydrogens (tertiary/aromatic N) is 1. The van der Waals surface area contributed by atoms with Crippen LogP contribution in [0.25, 0.3) is 11.0 Å². The van der Waals surface area contributed by atoms with E-state index in [1.165, 1.54) is 5.38 Å². The zero-order valence-corrected chi connectivity index (χ0v) is 13.4. The lowest BCUT2D eigenvalue weighted by atomic mass is 10.1. The number of amides is 1. The van der Waals surface area contributed by atoms with Crippen LogP contribution in [0.4, 0.5) is 5.13 Å². The number of thiazole rings is 1. The van der Waals surface area contributed by atoms with Crippen LogP contribution in [0, 0.1) is 6.92 Å². The van der Waals surface area contributed by atoms with E-state index in [0.29, 0.717) is 5.58 Å². The fraction of sp³-hybridized carbons (Fsp3) is 0.143. The number of fused-ring (bicyclic) bond motifs is 1. The molecule has 2 aromatic heterocycles. The van der Waals surface area contributed by atoms with Gasteiger partial charge >= 0.3 is 0 Å². The van der Waals surface area contributed by atoms with Crippen molar-refractivity contribution in [2.75, 3.05) is 11.6 Å². The van der Waals surface area contributed by atoms with E-state index in [0.717, 1.165) is 28.5 Å². The molecule has 1 aromatic carbocycles. The van der Waals surface area contributed by atoms with Crippen molar-refractivity contribution in [1.82, 2.24) is 4.98 Å². The first-order valence-corrected chi connectivity index (χ1v) is 9.08. The monoisotopic (exact) mass is 336 g/mol. The van der Waals surface area contributed by atoms with Crippen LogP contribution in [0.15, 0.2) is 39.1 Å². The molecule has 0 spiro atoms. The lowest BCUT2D eigenvalue weighted by Crippen LogP contribution is -2.12. The quantitative estimate of drug-likeness (QED) is 0.794. The summed E-state index contributed by atoms with van der Waals surface area (Å²) in [7, 11) is -3.39. The zero-order valence-electron chi connectivity index (χ0n) is 11.8. The molecular formula is C14H12N2O4S2. The van der Waals surface area contributed by atoms with Crippen LogP contribution in [0.5, 0.6) is 0 Å². The standard InChI is InChI=1S/C14H12N2O4S2/c1-8-9-5-3-4-6-10(9)20-12(8)13(17)16-14-15-11(7-21-14)22(2,18)19/h3-7H,1-2H3,(H,15,16,17). The third kappa shape index (κ3) is 2.62. The Morgan fingerprint density at radius 3 is 2.68 bits per heavy atom. The van der Waals surface area contributed by atoms with Gasteiger partial charge in [-0.3, -0.25) is 10.1 Å². The van der Waals surface area contributed by atoms with Gasteiger partial charge in [0.05, 0.1) is 0 Å². The molecule has 0 radical (unpaired) electrons. The molecule has 2 heterocycles. The van der Waals surface area contributed by atoms with Gasteiger partial charge in [-0.25, -0.2) is 13.4 Å². The molecule has 8 heteroatoms. The second kappa shape index (κ2) is 5.22. The third-order valence-electron chi connectivity index (χ3n) is 3.13. The van der Waals surface area contributed by atoms with Gasteiger partial charge in [-0.05, 0) is 13.0 Å². The summed E-state index contributed by atoms with van der Waals surface area (Å²) in [6.45, 7) is 1.80. The van der Waals surface area contributed by atoms with Crippen molar-refractivity contribution in [3.63, 3.8) is 0 Å². The van der Waals surface area contributed by atoms with Gasteiger partial charge in [0.2, 0.25) is 0 Å². The number of aromatic nitrogens is 1. The molecule has 0 fully saturated rings. The molecule has 0 unspecified atom stereocenters. The second-order valence-electron chi connectivity index (χ2n) is 4.77. The van der Waals surface area contributed by atoms with Crippen molar-refractivity contribution < 1.29 is 17.6 Å². The van der Waals surface area contributed by atoms with Crippen molar-refractivity contribution in [3.05, 3.63) is 41.0 Å². The number of hydrogen-bond donors (Lipinski definition) is 1. The van der Waals surface area contributed by atoms with Crippen molar-refractivity contribution in [1.29, 1.82) is 0 Å². The van der Waals surface area contributed by atoms with Crippen molar-refractivity contribution in [2.24, 2.45) is 0 Å². The summed E-state index contributed by atoms with van der Waals surface area (Å²) in [6.07, 6.45) is 1.07. The molecule has 0 aliphatic rings. The lowest BCUT2D eigenvalue weighted by molar-refractivity contribution is 0.0998. The van der Waals surface area contributed by atoms with Crippen LogP contribution in [0.2, 0.25) is 0 Å². The minimum atomic E-state index is -3.39. The smallest absolute Gasteiger partial charge is 0.293 e. The fourth-order valence-corrected chi connectivity index (χ4v) is 3.76. The Balaban J connectivity index is 1.90. The lowest BCUT2D eigenvalue weighted by Gasteiger charge is -1.99. The summed E-state index contributed by atoms with van der Waals surface area (Å²) >= 11 is 1.05. The topological polar surface area (TPSA) is 89.3 Å². The van der Waals surface area contributed by atoms with E-state index in [1.807, 2.05) is 18.2 Å². The largest absolute Gasteiger partial charge is 0.451 e. The van der Waals surface area contributed by atoms with E-state index in [-0.39, 0.29) is 15.9 Å². The summed E-state index contributed by atoms with van der Waals surface area (Å²) in [5.74, 6) is -0.264. The minimum Gasteiger partial charge on any atom is -0.451 e. The number of carbonyl (C=O) groups is 1. The van der Waals surface area contributed by atoms with Gasteiger partial charge in [-0.1, -0.05) is 18.2 Å². The van der Waals surface area contributed by atoms with Crippen molar-refractivity contribution >= 4 is 43.2 Å². The average Bonchev–Trinajstić information content (AvgIpc) is 3.04. The van der Waals surface area contributed by atoms with E-state index in [4.69, 9.17) is 4.42 Å². The molecule has 0 atom stereocenters. The SMILES string of the molecule is Cc1c(C(=O)Nc2nc(S(C)(=O)=O)cs2)oc2ccccc12. The Morgan fingerprint density at radius 1 is 1.32 bits per heavy atom. The van der Waals surface area contributed by atoms with Crippen LogP contribution >= 0.6 is 11.3 Å². The maximum absolute atomic E-state index is 12.3. The number of carbonyl (C=O) groups excluding carboxylic acids is 1. The van der Waals surface area contributed by atoms with Gasteiger partial charge in [0.1, 0.15) is 5.58 Å². The normalized spacial score (nSPS) is 11.7. The Bertz CT molecular complexity index is 970. The summed E-state index contributed by atoms with van der Waals surface area (Å²) in [6, 6.07) is 7.35. The Labute approximate surface area is 130 Å². The molecule has 0 aliphatic heterocycles. The number of nitrogens with one attached hydrogen (secondary N) is 1. The first kappa shape index (κ1) is 14.7. The van der Waals surface area contributed by atoms with Crippen molar-refractivity contribution in [3.8, 4) is 0 Å². The Hall–Kier alpha value is -2.19. The molecule has 0 saturated carbocycles. The van der Waals surface area contributed by atoms with E-state index in [9.17, 15) is 13.2 Å². The van der Waals surface area contributed by atoms with Gasteiger partial charge in [0.15, 0.2) is 25.8 Å². The average molecular weight is 336 g/mol. The van der Waals surface area contributed by atoms with Crippen LogP contribution in [0.3, 0.4) is 0 Å². The Kier molecular flexibility index (Phi) is 3.50.